The second-order valence-electron chi connectivity index (χ2n) is 9.09. The van der Waals surface area contributed by atoms with Crippen LogP contribution in [0, 0.1) is 5.82 Å². The van der Waals surface area contributed by atoms with E-state index in [1.54, 1.807) is 18.3 Å². The second kappa shape index (κ2) is 10.3. The molecular weight excluding hydrogens is 465 g/mol. The minimum atomic E-state index is -0.282. The first-order valence-electron chi connectivity index (χ1n) is 12.5. The van der Waals surface area contributed by atoms with Gasteiger partial charge in [-0.15, -0.1) is 0 Å². The maximum atomic E-state index is 13.6. The van der Waals surface area contributed by atoms with Gasteiger partial charge in [0.1, 0.15) is 17.4 Å². The molecule has 0 atom stereocenters. The summed E-state index contributed by atoms with van der Waals surface area (Å²) in [6.45, 7) is 1.92. The van der Waals surface area contributed by atoms with E-state index in [0.29, 0.717) is 17.4 Å². The average Bonchev–Trinajstić information content (AvgIpc) is 3.41. The third kappa shape index (κ3) is 5.13. The molecule has 0 radical (unpaired) electrons. The number of aromatic amines is 1. The molecule has 0 unspecified atom stereocenters. The van der Waals surface area contributed by atoms with Crippen molar-refractivity contribution in [2.45, 2.75) is 18.8 Å². The standard InChI is InChI=1S/C30H26FN5O/c31-24-10-6-22(7-11-24)27-28(36-29(35-27)23-14-17-32-18-15-23)26-16-19-33-30(34-26)37-25-12-8-21(9-13-25)20-4-2-1-3-5-20/h1-13,16,19,23,32H,14-15,17-18H2,(H,35,36). The lowest BCUT2D eigenvalue weighted by Crippen LogP contribution is -2.27. The maximum Gasteiger partial charge on any atom is 0.322 e. The van der Waals surface area contributed by atoms with Crippen molar-refractivity contribution in [2.24, 2.45) is 0 Å². The molecule has 1 saturated heterocycles. The molecule has 1 fully saturated rings. The number of hydrogen-bond donors (Lipinski definition) is 2. The highest BCUT2D eigenvalue weighted by molar-refractivity contribution is 5.76. The van der Waals surface area contributed by atoms with Gasteiger partial charge in [0.05, 0.1) is 17.1 Å². The van der Waals surface area contributed by atoms with Crippen LogP contribution in [0.1, 0.15) is 24.6 Å². The molecule has 1 aliphatic rings. The van der Waals surface area contributed by atoms with Crippen LogP contribution in [0.5, 0.6) is 11.8 Å². The molecule has 0 aliphatic carbocycles. The molecule has 3 heterocycles. The Hall–Kier alpha value is -4.36. The van der Waals surface area contributed by atoms with Crippen LogP contribution in [0.3, 0.4) is 0 Å². The van der Waals surface area contributed by atoms with E-state index in [4.69, 9.17) is 14.7 Å². The van der Waals surface area contributed by atoms with Crippen LogP contribution < -0.4 is 10.1 Å². The predicted octanol–water partition coefficient (Wildman–Crippen LogP) is 6.60. The summed E-state index contributed by atoms with van der Waals surface area (Å²) >= 11 is 0. The van der Waals surface area contributed by atoms with Crippen LogP contribution in [-0.2, 0) is 0 Å². The van der Waals surface area contributed by atoms with Crippen molar-refractivity contribution in [3.63, 3.8) is 0 Å². The molecule has 2 N–H and O–H groups in total. The Morgan fingerprint density at radius 1 is 0.757 bits per heavy atom. The molecule has 37 heavy (non-hydrogen) atoms. The van der Waals surface area contributed by atoms with E-state index in [-0.39, 0.29) is 11.8 Å². The normalized spacial score (nSPS) is 14.0. The van der Waals surface area contributed by atoms with Crippen LogP contribution in [-0.4, -0.2) is 33.0 Å². The molecule has 6 nitrogen and oxygen atoms in total. The Bertz CT molecular complexity index is 1480. The molecule has 184 valence electrons. The van der Waals surface area contributed by atoms with Crippen LogP contribution in [0.2, 0.25) is 0 Å². The number of aromatic nitrogens is 4. The van der Waals surface area contributed by atoms with Gasteiger partial charge in [0.25, 0.3) is 0 Å². The fraction of sp³-hybridized carbons (Fsp3) is 0.167. The lowest BCUT2D eigenvalue weighted by Gasteiger charge is -2.20. The summed E-state index contributed by atoms with van der Waals surface area (Å²) in [6, 6.07) is 26.5. The van der Waals surface area contributed by atoms with Crippen molar-refractivity contribution in [1.82, 2.24) is 25.3 Å². The summed E-state index contributed by atoms with van der Waals surface area (Å²) in [5.74, 6) is 1.62. The van der Waals surface area contributed by atoms with Crippen molar-refractivity contribution in [3.8, 4) is 45.5 Å². The number of hydrogen-bond acceptors (Lipinski definition) is 5. The highest BCUT2D eigenvalue weighted by Crippen LogP contribution is 2.34. The number of halogens is 1. The third-order valence-electron chi connectivity index (χ3n) is 6.63. The maximum absolute atomic E-state index is 13.6. The van der Waals surface area contributed by atoms with Gasteiger partial charge < -0.3 is 15.0 Å². The van der Waals surface area contributed by atoms with E-state index in [1.165, 1.54) is 12.1 Å². The highest BCUT2D eigenvalue weighted by Gasteiger charge is 2.23. The molecule has 2 aromatic heterocycles. The zero-order valence-corrected chi connectivity index (χ0v) is 20.2. The lowest BCUT2D eigenvalue weighted by atomic mass is 9.98. The van der Waals surface area contributed by atoms with Gasteiger partial charge in [-0.3, -0.25) is 0 Å². The summed E-state index contributed by atoms with van der Waals surface area (Å²) in [5, 5.41) is 3.40. The van der Waals surface area contributed by atoms with E-state index in [9.17, 15) is 4.39 Å². The van der Waals surface area contributed by atoms with E-state index in [2.05, 4.69) is 27.4 Å². The molecule has 0 bridgehead atoms. The van der Waals surface area contributed by atoms with Crippen molar-refractivity contribution in [1.29, 1.82) is 0 Å². The summed E-state index contributed by atoms with van der Waals surface area (Å²) in [6.07, 6.45) is 3.69. The van der Waals surface area contributed by atoms with E-state index in [1.807, 2.05) is 48.5 Å². The van der Waals surface area contributed by atoms with Gasteiger partial charge >= 0.3 is 6.01 Å². The van der Waals surface area contributed by atoms with Gasteiger partial charge in [0.15, 0.2) is 0 Å². The van der Waals surface area contributed by atoms with Gasteiger partial charge in [0.2, 0.25) is 0 Å². The number of nitrogens with zero attached hydrogens (tertiary/aromatic N) is 3. The van der Waals surface area contributed by atoms with Gasteiger partial charge in [-0.1, -0.05) is 42.5 Å². The molecule has 0 spiro atoms. The number of benzene rings is 3. The Labute approximate surface area is 214 Å². The monoisotopic (exact) mass is 491 g/mol. The Morgan fingerprint density at radius 3 is 2.22 bits per heavy atom. The van der Waals surface area contributed by atoms with Crippen LogP contribution in [0.15, 0.2) is 91.1 Å². The van der Waals surface area contributed by atoms with Crippen LogP contribution >= 0.6 is 0 Å². The highest BCUT2D eigenvalue weighted by atomic mass is 19.1. The van der Waals surface area contributed by atoms with Crippen molar-refractivity contribution in [3.05, 3.63) is 103 Å². The Kier molecular flexibility index (Phi) is 6.44. The fourth-order valence-electron chi connectivity index (χ4n) is 4.66. The van der Waals surface area contributed by atoms with Crippen molar-refractivity contribution in [2.75, 3.05) is 13.1 Å². The van der Waals surface area contributed by atoms with Crippen LogP contribution in [0.25, 0.3) is 33.8 Å². The largest absolute Gasteiger partial charge is 0.424 e. The van der Waals surface area contributed by atoms with Gasteiger partial charge in [0, 0.05) is 17.7 Å². The van der Waals surface area contributed by atoms with Gasteiger partial charge in [-0.25, -0.2) is 14.4 Å². The summed E-state index contributed by atoms with van der Waals surface area (Å²) in [5.41, 5.74) is 5.25. The van der Waals surface area contributed by atoms with E-state index >= 15 is 0 Å². The topological polar surface area (TPSA) is 75.7 Å². The van der Waals surface area contributed by atoms with Gasteiger partial charge in [-0.2, -0.15) is 4.98 Å². The molecule has 0 amide bonds. The second-order valence-corrected chi connectivity index (χ2v) is 9.09. The number of H-pyrrole nitrogens is 1. The predicted molar refractivity (Wildman–Crippen MR) is 142 cm³/mol. The molecular formula is C30H26FN5O. The Morgan fingerprint density at radius 2 is 1.46 bits per heavy atom. The Balaban J connectivity index is 1.31. The SMILES string of the molecule is Fc1ccc(-c2nc(C3CCNCC3)[nH]c2-c2ccnc(Oc3ccc(-c4ccccc4)cc3)n2)cc1. The van der Waals surface area contributed by atoms with Gasteiger partial charge in [-0.05, 0) is 79.5 Å². The molecule has 3 aromatic carbocycles. The quantitative estimate of drug-likeness (QED) is 0.280. The first-order valence-corrected chi connectivity index (χ1v) is 12.5. The number of imidazole rings is 1. The summed E-state index contributed by atoms with van der Waals surface area (Å²) < 4.78 is 19.6. The first-order chi connectivity index (χ1) is 18.2. The van der Waals surface area contributed by atoms with Crippen LogP contribution in [0.4, 0.5) is 4.39 Å². The lowest BCUT2D eigenvalue weighted by molar-refractivity contribution is 0.442. The minimum absolute atomic E-state index is 0.244. The first kappa shape index (κ1) is 23.1. The van der Waals surface area contributed by atoms with E-state index < -0.39 is 0 Å². The minimum Gasteiger partial charge on any atom is -0.424 e. The smallest absolute Gasteiger partial charge is 0.322 e. The number of rotatable bonds is 6. The third-order valence-corrected chi connectivity index (χ3v) is 6.63. The summed E-state index contributed by atoms with van der Waals surface area (Å²) in [7, 11) is 0. The summed E-state index contributed by atoms with van der Waals surface area (Å²) in [4.78, 5) is 17.5. The van der Waals surface area contributed by atoms with Crippen molar-refractivity contribution >= 4 is 0 Å². The molecule has 1 aliphatic heterocycles. The number of ether oxygens (including phenoxy) is 1. The molecule has 5 aromatic rings. The van der Waals surface area contributed by atoms with E-state index in [0.717, 1.165) is 59.8 Å². The zero-order valence-electron chi connectivity index (χ0n) is 20.2. The molecule has 0 saturated carbocycles. The fourth-order valence-corrected chi connectivity index (χ4v) is 4.66. The molecule has 7 heteroatoms. The number of piperidine rings is 1. The zero-order chi connectivity index (χ0) is 25.0. The molecule has 6 rings (SSSR count). The average molecular weight is 492 g/mol. The van der Waals surface area contributed by atoms with Crippen molar-refractivity contribution < 1.29 is 9.13 Å². The number of nitrogens with one attached hydrogen (secondary N) is 2.